The monoisotopic (exact) mass is 388 g/mol. The van der Waals surface area contributed by atoms with Gasteiger partial charge in [-0.1, -0.05) is 47.6 Å². The number of nitrogens with zero attached hydrogens (tertiary/aromatic N) is 1. The van der Waals surface area contributed by atoms with Gasteiger partial charge in [-0.15, -0.1) is 0 Å². The van der Waals surface area contributed by atoms with Crippen molar-refractivity contribution in [3.05, 3.63) is 77.7 Å². The molecule has 0 aliphatic heterocycles. The lowest BCUT2D eigenvalue weighted by atomic mass is 10.0. The number of oxime groups is 1. The van der Waals surface area contributed by atoms with E-state index in [1.807, 2.05) is 24.3 Å². The summed E-state index contributed by atoms with van der Waals surface area (Å²) in [6, 6.07) is 16.0. The van der Waals surface area contributed by atoms with E-state index in [1.165, 1.54) is 7.11 Å². The van der Waals surface area contributed by atoms with Crippen molar-refractivity contribution in [2.75, 3.05) is 12.4 Å². The topological polar surface area (TPSA) is 63.8 Å². The van der Waals surface area contributed by atoms with E-state index < -0.39 is 23.6 Å². The minimum absolute atomic E-state index is 0.423. The van der Waals surface area contributed by atoms with Gasteiger partial charge in [0, 0.05) is 11.3 Å². The van der Waals surface area contributed by atoms with Crippen LogP contribution in [0.15, 0.2) is 70.2 Å². The molecule has 0 spiro atoms. The van der Waals surface area contributed by atoms with Crippen LogP contribution in [0.4, 0.5) is 18.9 Å². The Labute approximate surface area is 158 Å². The summed E-state index contributed by atoms with van der Waals surface area (Å²) in [5.74, 6) is -2.42. The average Bonchev–Trinajstić information content (AvgIpc) is 3.18. The van der Waals surface area contributed by atoms with Crippen LogP contribution in [0.25, 0.3) is 11.1 Å². The molecule has 0 aliphatic carbocycles. The third kappa shape index (κ3) is 4.40. The lowest BCUT2D eigenvalue weighted by Crippen LogP contribution is -2.12. The molecule has 0 aliphatic rings. The van der Waals surface area contributed by atoms with Crippen LogP contribution in [0.5, 0.6) is 0 Å². The number of anilines is 1. The highest BCUT2D eigenvalue weighted by Gasteiger charge is 2.35. The van der Waals surface area contributed by atoms with Crippen LogP contribution in [0.1, 0.15) is 21.9 Å². The van der Waals surface area contributed by atoms with E-state index in [2.05, 4.69) is 19.7 Å². The third-order valence-corrected chi connectivity index (χ3v) is 3.81. The number of amides is 1. The summed E-state index contributed by atoms with van der Waals surface area (Å²) in [6.07, 6.45) is -3.10. The van der Waals surface area contributed by atoms with Crippen LogP contribution in [-0.4, -0.2) is 19.2 Å². The molecule has 144 valence electrons. The summed E-state index contributed by atoms with van der Waals surface area (Å²) in [5.41, 5.74) is 2.77. The Balaban J connectivity index is 1.83. The molecule has 0 bridgehead atoms. The Morgan fingerprint density at radius 3 is 2.43 bits per heavy atom. The maximum Gasteiger partial charge on any atom is 0.449 e. The van der Waals surface area contributed by atoms with Gasteiger partial charge < -0.3 is 14.6 Å². The first kappa shape index (κ1) is 19.2. The van der Waals surface area contributed by atoms with Crippen LogP contribution in [0, 0.1) is 0 Å². The van der Waals surface area contributed by atoms with Gasteiger partial charge in [-0.05, 0) is 29.3 Å². The molecule has 5 nitrogen and oxygen atoms in total. The van der Waals surface area contributed by atoms with E-state index in [0.29, 0.717) is 11.3 Å². The number of hydrogen-bond acceptors (Lipinski definition) is 4. The van der Waals surface area contributed by atoms with Crippen molar-refractivity contribution in [1.29, 1.82) is 0 Å². The minimum atomic E-state index is -4.65. The van der Waals surface area contributed by atoms with Gasteiger partial charge in [-0.3, -0.25) is 4.79 Å². The first-order valence-corrected chi connectivity index (χ1v) is 8.13. The summed E-state index contributed by atoms with van der Waals surface area (Å²) in [7, 11) is 1.44. The molecule has 1 N–H and O–H groups in total. The van der Waals surface area contributed by atoms with Crippen molar-refractivity contribution in [2.24, 2.45) is 5.16 Å². The number of para-hydroxylation sites is 1. The first-order valence-electron chi connectivity index (χ1n) is 8.13. The molecule has 0 atom stereocenters. The zero-order valence-electron chi connectivity index (χ0n) is 14.7. The first-order chi connectivity index (χ1) is 13.4. The van der Waals surface area contributed by atoms with Crippen LogP contribution in [-0.2, 0) is 11.0 Å². The number of alkyl halides is 3. The van der Waals surface area contributed by atoms with Crippen molar-refractivity contribution < 1.29 is 27.2 Å². The lowest BCUT2D eigenvalue weighted by Gasteiger charge is -2.11. The predicted molar refractivity (Wildman–Crippen MR) is 98.1 cm³/mol. The molecule has 3 rings (SSSR count). The molecule has 0 saturated carbocycles. The van der Waals surface area contributed by atoms with Gasteiger partial charge in [-0.25, -0.2) is 0 Å². The number of benzene rings is 2. The van der Waals surface area contributed by atoms with Crippen molar-refractivity contribution in [2.45, 2.75) is 6.18 Å². The normalized spacial score (nSPS) is 11.6. The average molecular weight is 388 g/mol. The van der Waals surface area contributed by atoms with Gasteiger partial charge in [0.05, 0.1) is 6.21 Å². The summed E-state index contributed by atoms with van der Waals surface area (Å²) in [4.78, 5) is 16.9. The Morgan fingerprint density at radius 2 is 1.79 bits per heavy atom. The Bertz CT molecular complexity index is 992. The number of rotatable bonds is 5. The standard InChI is InChI=1S/C20H15F3N2O3/c1-27-24-12-13-6-8-14(9-7-13)15-4-2-3-5-16(15)25-19(26)17-10-11-18(28-17)20(21,22)23/h2-12H,1H3,(H,25,26)/b24-12+. The van der Waals surface area contributed by atoms with Crippen LogP contribution >= 0.6 is 0 Å². The summed E-state index contributed by atoms with van der Waals surface area (Å²) >= 11 is 0. The Kier molecular flexibility index (Phi) is 5.49. The molecule has 3 aromatic rings. The van der Waals surface area contributed by atoms with E-state index in [0.717, 1.165) is 23.3 Å². The van der Waals surface area contributed by atoms with Gasteiger partial charge in [-0.2, -0.15) is 13.2 Å². The quantitative estimate of drug-likeness (QED) is 0.483. The summed E-state index contributed by atoms with van der Waals surface area (Å²) in [6.45, 7) is 0. The fourth-order valence-corrected chi connectivity index (χ4v) is 2.50. The highest BCUT2D eigenvalue weighted by atomic mass is 19.4. The molecule has 1 heterocycles. The van der Waals surface area contributed by atoms with Crippen molar-refractivity contribution in [1.82, 2.24) is 0 Å². The molecule has 0 fully saturated rings. The second-order valence-corrected chi connectivity index (χ2v) is 5.70. The number of hydrogen-bond donors (Lipinski definition) is 1. The van der Waals surface area contributed by atoms with E-state index in [1.54, 1.807) is 30.5 Å². The largest absolute Gasteiger partial charge is 0.449 e. The molecule has 2 aromatic carbocycles. The fourth-order valence-electron chi connectivity index (χ4n) is 2.50. The number of carbonyl (C=O) groups is 1. The van der Waals surface area contributed by atoms with Crippen molar-refractivity contribution in [3.8, 4) is 11.1 Å². The molecule has 0 radical (unpaired) electrons. The van der Waals surface area contributed by atoms with Gasteiger partial charge >= 0.3 is 6.18 Å². The number of carbonyl (C=O) groups excluding carboxylic acids is 1. The Hall–Kier alpha value is -3.55. The molecule has 28 heavy (non-hydrogen) atoms. The SMILES string of the molecule is CO/N=C/c1ccc(-c2ccccc2NC(=O)c2ccc(C(F)(F)F)o2)cc1. The summed E-state index contributed by atoms with van der Waals surface area (Å²) in [5, 5.41) is 6.27. The van der Waals surface area contributed by atoms with Gasteiger partial charge in [0.15, 0.2) is 5.76 Å². The number of furan rings is 1. The second kappa shape index (κ2) is 7.99. The lowest BCUT2D eigenvalue weighted by molar-refractivity contribution is -0.153. The molecule has 1 aromatic heterocycles. The zero-order valence-corrected chi connectivity index (χ0v) is 14.7. The smallest absolute Gasteiger partial charge is 0.446 e. The van der Waals surface area contributed by atoms with E-state index >= 15 is 0 Å². The predicted octanol–water partition coefficient (Wildman–Crippen LogP) is 5.20. The molecule has 0 saturated heterocycles. The maximum atomic E-state index is 12.6. The fraction of sp³-hybridized carbons (Fsp3) is 0.100. The van der Waals surface area contributed by atoms with Crippen LogP contribution < -0.4 is 5.32 Å². The Morgan fingerprint density at radius 1 is 1.07 bits per heavy atom. The molecular formula is C20H15F3N2O3. The molecule has 1 amide bonds. The zero-order chi connectivity index (χ0) is 20.1. The number of nitrogens with one attached hydrogen (secondary N) is 1. The van der Waals surface area contributed by atoms with Crippen LogP contribution in [0.2, 0.25) is 0 Å². The highest BCUT2D eigenvalue weighted by molar-refractivity contribution is 6.04. The third-order valence-electron chi connectivity index (χ3n) is 3.81. The van der Waals surface area contributed by atoms with Crippen LogP contribution in [0.3, 0.4) is 0 Å². The van der Waals surface area contributed by atoms with E-state index in [-0.39, 0.29) is 0 Å². The van der Waals surface area contributed by atoms with Crippen molar-refractivity contribution in [3.63, 3.8) is 0 Å². The highest BCUT2D eigenvalue weighted by Crippen LogP contribution is 2.32. The second-order valence-electron chi connectivity index (χ2n) is 5.70. The van der Waals surface area contributed by atoms with Crippen molar-refractivity contribution >= 4 is 17.8 Å². The minimum Gasteiger partial charge on any atom is -0.446 e. The number of halogens is 3. The van der Waals surface area contributed by atoms with Gasteiger partial charge in [0.2, 0.25) is 5.76 Å². The van der Waals surface area contributed by atoms with Gasteiger partial charge in [0.1, 0.15) is 7.11 Å². The van der Waals surface area contributed by atoms with Gasteiger partial charge in [0.25, 0.3) is 5.91 Å². The van der Waals surface area contributed by atoms with E-state index in [4.69, 9.17) is 0 Å². The molecular weight excluding hydrogens is 373 g/mol. The summed E-state index contributed by atoms with van der Waals surface area (Å²) < 4.78 is 42.6. The van der Waals surface area contributed by atoms with E-state index in [9.17, 15) is 18.0 Å². The maximum absolute atomic E-state index is 12.6. The molecule has 8 heteroatoms. The molecule has 0 unspecified atom stereocenters.